The molecule has 6 aromatic carbocycles. The molecule has 2 aromatic heterocycles. The minimum Gasteiger partial charge on any atom is -0.436 e. The molecule has 9 rings (SSSR count). The van der Waals surface area contributed by atoms with E-state index in [0.29, 0.717) is 5.89 Å². The molecule has 0 N–H and O–H groups in total. The number of hydrogen-bond acceptors (Lipinski definition) is 3. The maximum Gasteiger partial charge on any atom is 0.229 e. The molecule has 0 saturated heterocycles. The summed E-state index contributed by atoms with van der Waals surface area (Å²) in [6.07, 6.45) is 0. The third-order valence-corrected chi connectivity index (χ3v) is 12.0. The molecule has 0 amide bonds. The molecule has 2 heterocycles. The Morgan fingerprint density at radius 2 is 1.16 bits per heavy atom. The molecule has 0 fully saturated rings. The third kappa shape index (κ3) is 4.26. The molecular formula is C41H27N2OSi. The van der Waals surface area contributed by atoms with E-state index < -0.39 is 8.80 Å². The fourth-order valence-electron chi connectivity index (χ4n) is 6.93. The van der Waals surface area contributed by atoms with Crippen molar-refractivity contribution >= 4 is 41.2 Å². The van der Waals surface area contributed by atoms with Gasteiger partial charge in [-0.1, -0.05) is 150 Å². The zero-order valence-corrected chi connectivity index (χ0v) is 25.4. The number of benzene rings is 6. The predicted molar refractivity (Wildman–Crippen MR) is 185 cm³/mol. The normalized spacial score (nSPS) is 13.8. The first-order valence-electron chi connectivity index (χ1n) is 15.3. The molecule has 0 spiro atoms. The lowest BCUT2D eigenvalue weighted by Gasteiger charge is -2.25. The lowest BCUT2D eigenvalue weighted by atomic mass is 10.1. The number of rotatable bonds is 5. The number of fused-ring (bicyclic) bond motifs is 6. The topological polar surface area (TPSA) is 38.9 Å². The molecule has 0 bridgehead atoms. The second-order valence-corrected chi connectivity index (χ2v) is 14.1. The minimum atomic E-state index is -1.31. The standard InChI is InChI=1S/C41H27N2OSi/c1-4-13-27(14-5-1)35-25-23-28-15-12-22-34(38(28)42-35)41-43-39-36(44-41)26-24-32-31-20-10-11-21-33(31)40(37(32)39)45(29-16-6-2-7-17-29)30-18-8-3-9-19-30/h1-26,40H. The van der Waals surface area contributed by atoms with Crippen LogP contribution in [0.3, 0.4) is 0 Å². The van der Waals surface area contributed by atoms with E-state index in [9.17, 15) is 0 Å². The van der Waals surface area contributed by atoms with Gasteiger partial charge in [0, 0.05) is 16.5 Å². The average molecular weight is 592 g/mol. The van der Waals surface area contributed by atoms with Gasteiger partial charge in [0.15, 0.2) is 5.58 Å². The van der Waals surface area contributed by atoms with Crippen LogP contribution in [-0.2, 0) is 0 Å². The summed E-state index contributed by atoms with van der Waals surface area (Å²) in [6.45, 7) is 0. The van der Waals surface area contributed by atoms with Crippen molar-refractivity contribution in [2.24, 2.45) is 0 Å². The van der Waals surface area contributed by atoms with Gasteiger partial charge in [0.1, 0.15) is 14.3 Å². The van der Waals surface area contributed by atoms with Crippen LogP contribution in [0, 0.1) is 0 Å². The fraction of sp³-hybridized carbons (Fsp3) is 0.0244. The molecule has 3 nitrogen and oxygen atoms in total. The smallest absolute Gasteiger partial charge is 0.229 e. The highest BCUT2D eigenvalue weighted by molar-refractivity contribution is 6.87. The summed E-state index contributed by atoms with van der Waals surface area (Å²) < 4.78 is 6.63. The van der Waals surface area contributed by atoms with E-state index >= 15 is 0 Å². The molecular weight excluding hydrogens is 565 g/mol. The lowest BCUT2D eigenvalue weighted by molar-refractivity contribution is 0.620. The largest absolute Gasteiger partial charge is 0.436 e. The van der Waals surface area contributed by atoms with Crippen LogP contribution in [0.5, 0.6) is 0 Å². The first-order valence-corrected chi connectivity index (χ1v) is 16.9. The quantitative estimate of drug-likeness (QED) is 0.188. The van der Waals surface area contributed by atoms with Gasteiger partial charge in [-0.25, -0.2) is 9.97 Å². The van der Waals surface area contributed by atoms with Crippen LogP contribution in [0.1, 0.15) is 16.7 Å². The fourth-order valence-corrected chi connectivity index (χ4v) is 10.2. The monoisotopic (exact) mass is 591 g/mol. The Kier molecular flexibility index (Phi) is 6.06. The van der Waals surface area contributed by atoms with Crippen LogP contribution >= 0.6 is 0 Å². The van der Waals surface area contributed by atoms with Crippen LogP contribution in [0.25, 0.3) is 55.8 Å². The van der Waals surface area contributed by atoms with Crippen LogP contribution in [0.4, 0.5) is 0 Å². The van der Waals surface area contributed by atoms with Crippen LogP contribution in [0.2, 0.25) is 0 Å². The van der Waals surface area contributed by atoms with Gasteiger partial charge < -0.3 is 4.42 Å². The Labute approximate surface area is 263 Å². The molecule has 0 aliphatic heterocycles. The van der Waals surface area contributed by atoms with Gasteiger partial charge in [-0.2, -0.15) is 0 Å². The van der Waals surface area contributed by atoms with E-state index in [1.807, 2.05) is 18.2 Å². The van der Waals surface area contributed by atoms with Crippen molar-refractivity contribution in [1.29, 1.82) is 0 Å². The van der Waals surface area contributed by atoms with Crippen LogP contribution in [0.15, 0.2) is 162 Å². The molecule has 1 unspecified atom stereocenters. The van der Waals surface area contributed by atoms with E-state index in [-0.39, 0.29) is 5.54 Å². The first kappa shape index (κ1) is 25.9. The molecule has 1 aliphatic carbocycles. The van der Waals surface area contributed by atoms with Crippen molar-refractivity contribution in [2.75, 3.05) is 0 Å². The molecule has 211 valence electrons. The molecule has 1 atom stereocenters. The van der Waals surface area contributed by atoms with E-state index in [4.69, 9.17) is 14.4 Å². The van der Waals surface area contributed by atoms with Gasteiger partial charge in [0.05, 0.1) is 16.8 Å². The van der Waals surface area contributed by atoms with Crippen molar-refractivity contribution < 1.29 is 4.42 Å². The second kappa shape index (κ2) is 10.5. The Balaban J connectivity index is 1.27. The third-order valence-electron chi connectivity index (χ3n) is 8.93. The Morgan fingerprint density at radius 1 is 0.489 bits per heavy atom. The lowest BCUT2D eigenvalue weighted by Crippen LogP contribution is -2.47. The van der Waals surface area contributed by atoms with Crippen molar-refractivity contribution in [2.45, 2.75) is 5.54 Å². The molecule has 45 heavy (non-hydrogen) atoms. The summed E-state index contributed by atoms with van der Waals surface area (Å²) in [5.74, 6) is 0.601. The number of aromatic nitrogens is 2. The van der Waals surface area contributed by atoms with Crippen molar-refractivity contribution in [3.8, 4) is 33.8 Å². The number of para-hydroxylation sites is 1. The van der Waals surface area contributed by atoms with Crippen molar-refractivity contribution in [3.63, 3.8) is 0 Å². The summed E-state index contributed by atoms with van der Waals surface area (Å²) in [5.41, 5.74) is 10.9. The average Bonchev–Trinajstić information content (AvgIpc) is 3.69. The van der Waals surface area contributed by atoms with E-state index in [1.165, 1.54) is 32.6 Å². The molecule has 4 heteroatoms. The number of oxazole rings is 1. The van der Waals surface area contributed by atoms with Gasteiger partial charge in [-0.05, 0) is 40.5 Å². The number of nitrogens with zero attached hydrogens (tertiary/aromatic N) is 2. The van der Waals surface area contributed by atoms with Gasteiger partial charge >= 0.3 is 0 Å². The molecule has 1 radical (unpaired) electrons. The Morgan fingerprint density at radius 3 is 1.91 bits per heavy atom. The van der Waals surface area contributed by atoms with Crippen molar-refractivity contribution in [3.05, 3.63) is 169 Å². The molecule has 1 aliphatic rings. The van der Waals surface area contributed by atoms with E-state index in [1.54, 1.807) is 0 Å². The van der Waals surface area contributed by atoms with E-state index in [0.717, 1.165) is 38.8 Å². The summed E-state index contributed by atoms with van der Waals surface area (Å²) in [6, 6.07) is 56.0. The van der Waals surface area contributed by atoms with E-state index in [2.05, 4.69) is 140 Å². The maximum atomic E-state index is 6.63. The molecule has 0 saturated carbocycles. The maximum absolute atomic E-state index is 6.63. The van der Waals surface area contributed by atoms with Gasteiger partial charge in [0.25, 0.3) is 0 Å². The highest BCUT2D eigenvalue weighted by Crippen LogP contribution is 2.49. The predicted octanol–water partition coefficient (Wildman–Crippen LogP) is 8.67. The van der Waals surface area contributed by atoms with Gasteiger partial charge in [-0.15, -0.1) is 0 Å². The summed E-state index contributed by atoms with van der Waals surface area (Å²) in [7, 11) is -1.31. The van der Waals surface area contributed by atoms with Crippen LogP contribution in [-0.4, -0.2) is 18.8 Å². The highest BCUT2D eigenvalue weighted by atomic mass is 28.3. The summed E-state index contributed by atoms with van der Waals surface area (Å²) >= 11 is 0. The van der Waals surface area contributed by atoms with Crippen LogP contribution < -0.4 is 10.4 Å². The van der Waals surface area contributed by atoms with Gasteiger partial charge in [0.2, 0.25) is 5.89 Å². The summed E-state index contributed by atoms with van der Waals surface area (Å²) in [5, 5.41) is 3.83. The zero-order chi connectivity index (χ0) is 29.7. The summed E-state index contributed by atoms with van der Waals surface area (Å²) in [4.78, 5) is 10.4. The first-order chi connectivity index (χ1) is 22.3. The minimum absolute atomic E-state index is 0.169. The number of hydrogen-bond donors (Lipinski definition) is 0. The number of pyridine rings is 1. The van der Waals surface area contributed by atoms with Gasteiger partial charge in [-0.3, -0.25) is 0 Å². The SMILES string of the molecule is c1ccc(-c2ccc3cccc(-c4nc5c6c(ccc5o4)-c4ccccc4C6[Si](c4ccccc4)c4ccccc4)c3n2)cc1. The Hall–Kier alpha value is -5.58. The highest BCUT2D eigenvalue weighted by Gasteiger charge is 2.39. The van der Waals surface area contributed by atoms with Crippen molar-refractivity contribution in [1.82, 2.24) is 9.97 Å². The second-order valence-electron chi connectivity index (χ2n) is 11.5. The zero-order valence-electron chi connectivity index (χ0n) is 24.4. The molecule has 8 aromatic rings. The Bertz CT molecular complexity index is 2290.